The summed E-state index contributed by atoms with van der Waals surface area (Å²) in [7, 11) is 0. The first-order valence-corrected chi connectivity index (χ1v) is 5.58. The fourth-order valence-electron chi connectivity index (χ4n) is 1.64. The van der Waals surface area contributed by atoms with Gasteiger partial charge in [-0.05, 0) is 30.9 Å². The van der Waals surface area contributed by atoms with Gasteiger partial charge in [0.2, 0.25) is 5.88 Å². The normalized spacial score (nSPS) is 15.3. The molecule has 0 amide bonds. The van der Waals surface area contributed by atoms with Gasteiger partial charge in [-0.3, -0.25) is 0 Å². The molecule has 2 rings (SSSR count). The van der Waals surface area contributed by atoms with Crippen LogP contribution in [-0.2, 0) is 6.54 Å². The number of rotatable bonds is 5. The van der Waals surface area contributed by atoms with Gasteiger partial charge in [0.05, 0.1) is 6.61 Å². The van der Waals surface area contributed by atoms with E-state index < -0.39 is 0 Å². The first-order chi connectivity index (χ1) is 7.28. The average Bonchev–Trinajstić information content (AvgIpc) is 3.01. The monoisotopic (exact) mass is 206 g/mol. The summed E-state index contributed by atoms with van der Waals surface area (Å²) in [6, 6.07) is 3.92. The predicted molar refractivity (Wildman–Crippen MR) is 59.7 cm³/mol. The first kappa shape index (κ1) is 10.4. The molecule has 1 heterocycles. The van der Waals surface area contributed by atoms with Crippen molar-refractivity contribution in [2.75, 3.05) is 6.61 Å². The largest absolute Gasteiger partial charge is 0.478 e. The third-order valence-electron chi connectivity index (χ3n) is 2.70. The van der Waals surface area contributed by atoms with E-state index in [9.17, 15) is 0 Å². The standard InChI is InChI=1S/C12H18N2O/c1-9-6-11(8-13)7-12(14-9)15-5-4-10-2-3-10/h6-7,10H,2-5,8,13H2,1H3. The maximum atomic E-state index is 5.61. The van der Waals surface area contributed by atoms with Gasteiger partial charge in [0, 0.05) is 18.3 Å². The summed E-state index contributed by atoms with van der Waals surface area (Å²) in [4.78, 5) is 4.32. The van der Waals surface area contributed by atoms with Crippen LogP contribution in [0.4, 0.5) is 0 Å². The Bertz CT molecular complexity index is 334. The Morgan fingerprint density at radius 3 is 2.93 bits per heavy atom. The van der Waals surface area contributed by atoms with Crippen LogP contribution in [0.25, 0.3) is 0 Å². The van der Waals surface area contributed by atoms with Crippen LogP contribution in [0.3, 0.4) is 0 Å². The van der Waals surface area contributed by atoms with E-state index in [0.29, 0.717) is 6.54 Å². The number of aryl methyl sites for hydroxylation is 1. The van der Waals surface area contributed by atoms with Gasteiger partial charge >= 0.3 is 0 Å². The van der Waals surface area contributed by atoms with Crippen molar-refractivity contribution in [3.8, 4) is 5.88 Å². The molecule has 0 aliphatic heterocycles. The lowest BCUT2D eigenvalue weighted by Gasteiger charge is -2.07. The van der Waals surface area contributed by atoms with Gasteiger partial charge in [-0.15, -0.1) is 0 Å². The molecule has 1 aliphatic rings. The molecule has 2 N–H and O–H groups in total. The second-order valence-electron chi connectivity index (χ2n) is 4.24. The number of hydrogen-bond donors (Lipinski definition) is 1. The Morgan fingerprint density at radius 1 is 1.47 bits per heavy atom. The van der Waals surface area contributed by atoms with E-state index in [2.05, 4.69) is 4.98 Å². The van der Waals surface area contributed by atoms with E-state index in [0.717, 1.165) is 36.1 Å². The number of aromatic nitrogens is 1. The maximum absolute atomic E-state index is 5.61. The van der Waals surface area contributed by atoms with Gasteiger partial charge < -0.3 is 10.5 Å². The van der Waals surface area contributed by atoms with Gasteiger partial charge in [-0.1, -0.05) is 12.8 Å². The van der Waals surface area contributed by atoms with Crippen LogP contribution in [-0.4, -0.2) is 11.6 Å². The van der Waals surface area contributed by atoms with E-state index in [1.165, 1.54) is 12.8 Å². The predicted octanol–water partition coefficient (Wildman–Crippen LogP) is 2.03. The molecule has 0 aromatic carbocycles. The molecule has 82 valence electrons. The van der Waals surface area contributed by atoms with Gasteiger partial charge in [-0.25, -0.2) is 4.98 Å². The van der Waals surface area contributed by atoms with Gasteiger partial charge in [0.25, 0.3) is 0 Å². The fraction of sp³-hybridized carbons (Fsp3) is 0.583. The molecule has 1 aromatic heterocycles. The fourth-order valence-corrected chi connectivity index (χ4v) is 1.64. The Labute approximate surface area is 90.7 Å². The zero-order valence-electron chi connectivity index (χ0n) is 9.20. The van der Waals surface area contributed by atoms with Crippen LogP contribution in [0.15, 0.2) is 12.1 Å². The van der Waals surface area contributed by atoms with Crippen molar-refractivity contribution in [2.45, 2.75) is 32.7 Å². The Kier molecular flexibility index (Phi) is 3.21. The molecule has 1 aliphatic carbocycles. The molecule has 1 saturated carbocycles. The molecule has 0 unspecified atom stereocenters. The zero-order valence-corrected chi connectivity index (χ0v) is 9.20. The van der Waals surface area contributed by atoms with Crippen LogP contribution < -0.4 is 10.5 Å². The van der Waals surface area contributed by atoms with Crippen molar-refractivity contribution in [3.63, 3.8) is 0 Å². The second-order valence-corrected chi connectivity index (χ2v) is 4.24. The summed E-state index contributed by atoms with van der Waals surface area (Å²) in [6.07, 6.45) is 3.91. The van der Waals surface area contributed by atoms with Gasteiger partial charge in [0.1, 0.15) is 0 Å². The van der Waals surface area contributed by atoms with E-state index in [-0.39, 0.29) is 0 Å². The maximum Gasteiger partial charge on any atom is 0.213 e. The lowest BCUT2D eigenvalue weighted by atomic mass is 10.2. The third-order valence-corrected chi connectivity index (χ3v) is 2.70. The summed E-state index contributed by atoms with van der Waals surface area (Å²) in [5.41, 5.74) is 7.65. The van der Waals surface area contributed by atoms with Crippen LogP contribution in [0.5, 0.6) is 5.88 Å². The van der Waals surface area contributed by atoms with Crippen molar-refractivity contribution in [1.29, 1.82) is 0 Å². The van der Waals surface area contributed by atoms with Crippen molar-refractivity contribution < 1.29 is 4.74 Å². The molecule has 3 nitrogen and oxygen atoms in total. The van der Waals surface area contributed by atoms with E-state index in [1.54, 1.807) is 0 Å². The summed E-state index contributed by atoms with van der Waals surface area (Å²) >= 11 is 0. The quantitative estimate of drug-likeness (QED) is 0.801. The summed E-state index contributed by atoms with van der Waals surface area (Å²) in [5.74, 6) is 1.62. The van der Waals surface area contributed by atoms with Gasteiger partial charge in [-0.2, -0.15) is 0 Å². The molecule has 15 heavy (non-hydrogen) atoms. The highest BCUT2D eigenvalue weighted by Gasteiger charge is 2.20. The minimum atomic E-state index is 0.544. The van der Waals surface area contributed by atoms with Crippen LogP contribution in [0.1, 0.15) is 30.5 Å². The number of hydrogen-bond acceptors (Lipinski definition) is 3. The zero-order chi connectivity index (χ0) is 10.7. The smallest absolute Gasteiger partial charge is 0.213 e. The topological polar surface area (TPSA) is 48.1 Å². The van der Waals surface area contributed by atoms with Crippen LogP contribution in [0, 0.1) is 12.8 Å². The summed E-state index contributed by atoms with van der Waals surface area (Å²) in [6.45, 7) is 3.29. The highest BCUT2D eigenvalue weighted by atomic mass is 16.5. The van der Waals surface area contributed by atoms with Crippen molar-refractivity contribution in [1.82, 2.24) is 4.98 Å². The SMILES string of the molecule is Cc1cc(CN)cc(OCCC2CC2)n1. The molecule has 1 fully saturated rings. The molecule has 3 heteroatoms. The highest BCUT2D eigenvalue weighted by molar-refractivity contribution is 5.24. The van der Waals surface area contributed by atoms with Crippen molar-refractivity contribution >= 4 is 0 Å². The first-order valence-electron chi connectivity index (χ1n) is 5.58. The molecule has 0 bridgehead atoms. The molecule has 0 atom stereocenters. The third kappa shape index (κ3) is 3.20. The molecule has 0 spiro atoms. The van der Waals surface area contributed by atoms with Crippen LogP contribution >= 0.6 is 0 Å². The summed E-state index contributed by atoms with van der Waals surface area (Å²) in [5, 5.41) is 0. The van der Waals surface area contributed by atoms with E-state index in [4.69, 9.17) is 10.5 Å². The van der Waals surface area contributed by atoms with Crippen molar-refractivity contribution in [3.05, 3.63) is 23.4 Å². The molecule has 0 radical (unpaired) electrons. The number of nitrogens with zero attached hydrogens (tertiary/aromatic N) is 1. The van der Waals surface area contributed by atoms with E-state index in [1.807, 2.05) is 19.1 Å². The second kappa shape index (κ2) is 4.62. The van der Waals surface area contributed by atoms with Crippen LogP contribution in [0.2, 0.25) is 0 Å². The molecule has 1 aromatic rings. The van der Waals surface area contributed by atoms with Gasteiger partial charge in [0.15, 0.2) is 0 Å². The number of pyridine rings is 1. The number of nitrogens with two attached hydrogens (primary N) is 1. The Hall–Kier alpha value is -1.09. The Morgan fingerprint density at radius 2 is 2.27 bits per heavy atom. The number of ether oxygens (including phenoxy) is 1. The minimum Gasteiger partial charge on any atom is -0.478 e. The minimum absolute atomic E-state index is 0.544. The Balaban J connectivity index is 1.90. The molecule has 0 saturated heterocycles. The highest BCUT2D eigenvalue weighted by Crippen LogP contribution is 2.32. The van der Waals surface area contributed by atoms with E-state index >= 15 is 0 Å². The lowest BCUT2D eigenvalue weighted by Crippen LogP contribution is -2.03. The lowest BCUT2D eigenvalue weighted by molar-refractivity contribution is 0.290. The molecular formula is C12H18N2O. The molecular weight excluding hydrogens is 188 g/mol. The van der Waals surface area contributed by atoms with Crippen molar-refractivity contribution in [2.24, 2.45) is 11.7 Å². The average molecular weight is 206 g/mol. The summed E-state index contributed by atoms with van der Waals surface area (Å²) < 4.78 is 5.61.